The van der Waals surface area contributed by atoms with Crippen LogP contribution >= 0.6 is 0 Å². The molecule has 98 valence electrons. The highest BCUT2D eigenvalue weighted by Crippen LogP contribution is 2.45. The van der Waals surface area contributed by atoms with Crippen LogP contribution < -0.4 is 5.32 Å². The van der Waals surface area contributed by atoms with Crippen LogP contribution in [-0.4, -0.2) is 6.04 Å². The van der Waals surface area contributed by atoms with Crippen LogP contribution in [0.15, 0.2) is 18.2 Å². The molecule has 1 nitrogen and oxygen atoms in total. The van der Waals surface area contributed by atoms with E-state index in [0.717, 1.165) is 17.9 Å². The van der Waals surface area contributed by atoms with Crippen LogP contribution in [0.5, 0.6) is 0 Å². The van der Waals surface area contributed by atoms with Crippen molar-refractivity contribution < 1.29 is 0 Å². The maximum Gasteiger partial charge on any atom is 0.0297 e. The van der Waals surface area contributed by atoms with Gasteiger partial charge in [-0.25, -0.2) is 0 Å². The summed E-state index contributed by atoms with van der Waals surface area (Å²) in [7, 11) is 0. The van der Waals surface area contributed by atoms with Crippen molar-refractivity contribution in [1.82, 2.24) is 5.32 Å². The molecule has 2 aliphatic rings. The Bertz CT molecular complexity index is 437. The Morgan fingerprint density at radius 3 is 2.67 bits per heavy atom. The van der Waals surface area contributed by atoms with Crippen molar-refractivity contribution in [3.63, 3.8) is 0 Å². The Balaban J connectivity index is 1.71. The van der Waals surface area contributed by atoms with Crippen molar-refractivity contribution in [1.29, 1.82) is 0 Å². The molecule has 1 N–H and O–H groups in total. The fourth-order valence-corrected chi connectivity index (χ4v) is 4.09. The summed E-state index contributed by atoms with van der Waals surface area (Å²) in [5.41, 5.74) is 4.28. The van der Waals surface area contributed by atoms with Gasteiger partial charge in [0.05, 0.1) is 0 Å². The molecule has 2 bridgehead atoms. The van der Waals surface area contributed by atoms with Crippen LogP contribution in [0.1, 0.15) is 55.3 Å². The third-order valence-corrected chi connectivity index (χ3v) is 5.10. The summed E-state index contributed by atoms with van der Waals surface area (Å²) < 4.78 is 0. The zero-order valence-electron chi connectivity index (χ0n) is 11.9. The van der Waals surface area contributed by atoms with Gasteiger partial charge in [0.2, 0.25) is 0 Å². The van der Waals surface area contributed by atoms with E-state index in [2.05, 4.69) is 44.3 Å². The monoisotopic (exact) mass is 243 g/mol. The van der Waals surface area contributed by atoms with Crippen LogP contribution in [0.2, 0.25) is 0 Å². The Hall–Kier alpha value is -0.820. The Morgan fingerprint density at radius 2 is 2.00 bits per heavy atom. The normalized spacial score (nSPS) is 31.8. The van der Waals surface area contributed by atoms with Crippen LogP contribution in [0.4, 0.5) is 0 Å². The fourth-order valence-electron chi connectivity index (χ4n) is 4.09. The highest BCUT2D eigenvalue weighted by molar-refractivity contribution is 5.32. The summed E-state index contributed by atoms with van der Waals surface area (Å²) in [6.45, 7) is 6.74. The fraction of sp³-hybridized carbons (Fsp3) is 0.647. The maximum absolute atomic E-state index is 3.89. The van der Waals surface area contributed by atoms with E-state index in [9.17, 15) is 0 Å². The maximum atomic E-state index is 3.89. The molecule has 0 saturated heterocycles. The Morgan fingerprint density at radius 1 is 1.17 bits per heavy atom. The minimum atomic E-state index is 0.495. The van der Waals surface area contributed by atoms with Crippen molar-refractivity contribution in [3.8, 4) is 0 Å². The number of nitrogens with one attached hydrogen (secondary N) is 1. The zero-order chi connectivity index (χ0) is 12.7. The van der Waals surface area contributed by atoms with Gasteiger partial charge >= 0.3 is 0 Å². The first-order valence-electron chi connectivity index (χ1n) is 7.46. The third-order valence-electron chi connectivity index (χ3n) is 5.10. The first-order valence-corrected chi connectivity index (χ1v) is 7.46. The van der Waals surface area contributed by atoms with Crippen LogP contribution in [0.3, 0.4) is 0 Å². The molecule has 4 unspecified atom stereocenters. The third kappa shape index (κ3) is 2.21. The Kier molecular flexibility index (Phi) is 3.19. The number of hydrogen-bond donors (Lipinski definition) is 1. The van der Waals surface area contributed by atoms with Gasteiger partial charge in [-0.2, -0.15) is 0 Å². The molecule has 0 amide bonds. The van der Waals surface area contributed by atoms with Crippen molar-refractivity contribution in [2.24, 2.45) is 11.8 Å². The quantitative estimate of drug-likeness (QED) is 0.841. The Labute approximate surface area is 111 Å². The summed E-state index contributed by atoms with van der Waals surface area (Å²) in [5, 5.41) is 3.89. The van der Waals surface area contributed by atoms with E-state index in [1.54, 1.807) is 0 Å². The first-order chi connectivity index (χ1) is 8.63. The van der Waals surface area contributed by atoms with Gasteiger partial charge in [-0.15, -0.1) is 0 Å². The second-order valence-corrected chi connectivity index (χ2v) is 6.53. The SMILES string of the molecule is Cc1ccc(C)c(C(C)NC2CC3CCC2C3)c1. The summed E-state index contributed by atoms with van der Waals surface area (Å²) in [6.07, 6.45) is 5.85. The van der Waals surface area contributed by atoms with E-state index >= 15 is 0 Å². The lowest BCUT2D eigenvalue weighted by Crippen LogP contribution is -2.36. The standard InChI is InChI=1S/C17H25N/c1-11-4-5-12(2)16(8-11)13(3)18-17-10-14-6-7-15(17)9-14/h4-5,8,13-15,17-18H,6-7,9-10H2,1-3H3. The molecule has 1 aromatic rings. The van der Waals surface area contributed by atoms with Crippen molar-refractivity contribution in [2.75, 3.05) is 0 Å². The molecular weight excluding hydrogens is 218 g/mol. The summed E-state index contributed by atoms with van der Waals surface area (Å²) in [4.78, 5) is 0. The average Bonchev–Trinajstić information content (AvgIpc) is 2.94. The summed E-state index contributed by atoms with van der Waals surface area (Å²) >= 11 is 0. The van der Waals surface area contributed by atoms with Gasteiger partial charge in [0.25, 0.3) is 0 Å². The molecule has 1 aromatic carbocycles. The van der Waals surface area contributed by atoms with Crippen LogP contribution in [0.25, 0.3) is 0 Å². The van der Waals surface area contributed by atoms with Gasteiger partial charge in [0.1, 0.15) is 0 Å². The molecule has 18 heavy (non-hydrogen) atoms. The van der Waals surface area contributed by atoms with Crippen molar-refractivity contribution in [2.45, 2.75) is 58.5 Å². The highest BCUT2D eigenvalue weighted by Gasteiger charge is 2.39. The molecule has 0 heterocycles. The number of benzene rings is 1. The minimum Gasteiger partial charge on any atom is -0.307 e. The smallest absolute Gasteiger partial charge is 0.0297 e. The lowest BCUT2D eigenvalue weighted by atomic mass is 9.93. The average molecular weight is 243 g/mol. The lowest BCUT2D eigenvalue weighted by Gasteiger charge is -2.28. The number of aryl methyl sites for hydroxylation is 2. The zero-order valence-corrected chi connectivity index (χ0v) is 11.9. The largest absolute Gasteiger partial charge is 0.307 e. The molecule has 0 radical (unpaired) electrons. The van der Waals surface area contributed by atoms with Crippen LogP contribution in [-0.2, 0) is 0 Å². The van der Waals surface area contributed by atoms with Gasteiger partial charge in [0, 0.05) is 12.1 Å². The van der Waals surface area contributed by atoms with E-state index in [1.165, 1.54) is 42.4 Å². The second kappa shape index (κ2) is 4.70. The molecule has 4 atom stereocenters. The molecule has 0 aromatic heterocycles. The van der Waals surface area contributed by atoms with Crippen molar-refractivity contribution in [3.05, 3.63) is 34.9 Å². The van der Waals surface area contributed by atoms with Crippen LogP contribution in [0, 0.1) is 25.7 Å². The summed E-state index contributed by atoms with van der Waals surface area (Å²) in [5.74, 6) is 1.99. The molecule has 2 aliphatic carbocycles. The van der Waals surface area contributed by atoms with Gasteiger partial charge < -0.3 is 5.32 Å². The molecule has 2 fully saturated rings. The first kappa shape index (κ1) is 12.2. The van der Waals surface area contributed by atoms with Crippen molar-refractivity contribution >= 4 is 0 Å². The highest BCUT2D eigenvalue weighted by atomic mass is 15.0. The molecule has 3 rings (SSSR count). The molecule has 2 saturated carbocycles. The van der Waals surface area contributed by atoms with E-state index in [0.29, 0.717) is 6.04 Å². The van der Waals surface area contributed by atoms with E-state index in [1.807, 2.05) is 0 Å². The predicted octanol–water partition coefficient (Wildman–Crippen LogP) is 4.14. The predicted molar refractivity (Wildman–Crippen MR) is 76.7 cm³/mol. The minimum absolute atomic E-state index is 0.495. The van der Waals surface area contributed by atoms with E-state index in [-0.39, 0.29) is 0 Å². The number of fused-ring (bicyclic) bond motifs is 2. The van der Waals surface area contributed by atoms with Gasteiger partial charge in [-0.3, -0.25) is 0 Å². The van der Waals surface area contributed by atoms with Gasteiger partial charge in [-0.05, 0) is 63.0 Å². The molecule has 0 spiro atoms. The lowest BCUT2D eigenvalue weighted by molar-refractivity contribution is 0.326. The number of hydrogen-bond acceptors (Lipinski definition) is 1. The topological polar surface area (TPSA) is 12.0 Å². The molecule has 1 heteroatoms. The molecular formula is C17H25N. The second-order valence-electron chi connectivity index (χ2n) is 6.53. The summed E-state index contributed by atoms with van der Waals surface area (Å²) in [6, 6.07) is 8.08. The number of rotatable bonds is 3. The van der Waals surface area contributed by atoms with E-state index in [4.69, 9.17) is 0 Å². The van der Waals surface area contributed by atoms with E-state index < -0.39 is 0 Å². The van der Waals surface area contributed by atoms with Gasteiger partial charge in [-0.1, -0.05) is 30.2 Å². The molecule has 0 aliphatic heterocycles. The van der Waals surface area contributed by atoms with Gasteiger partial charge in [0.15, 0.2) is 0 Å².